The Kier molecular flexibility index (Phi) is 5.26. The third-order valence-electron chi connectivity index (χ3n) is 3.92. The van der Waals surface area contributed by atoms with E-state index in [0.717, 1.165) is 17.7 Å². The van der Waals surface area contributed by atoms with Gasteiger partial charge in [-0.15, -0.1) is 0 Å². The molecule has 0 unspecified atom stereocenters. The van der Waals surface area contributed by atoms with E-state index in [0.29, 0.717) is 11.3 Å². The summed E-state index contributed by atoms with van der Waals surface area (Å²) in [7, 11) is 0. The second kappa shape index (κ2) is 7.78. The summed E-state index contributed by atoms with van der Waals surface area (Å²) in [6.07, 6.45) is 0. The molecule has 136 valence electrons. The minimum absolute atomic E-state index is 0.171. The van der Waals surface area contributed by atoms with Gasteiger partial charge in [-0.3, -0.25) is 9.59 Å². The zero-order valence-corrected chi connectivity index (χ0v) is 14.4. The average Bonchev–Trinajstić information content (AvgIpc) is 2.66. The van der Waals surface area contributed by atoms with Crippen LogP contribution in [0.1, 0.15) is 26.3 Å². The van der Waals surface area contributed by atoms with E-state index in [-0.39, 0.29) is 11.5 Å². The van der Waals surface area contributed by atoms with Crippen molar-refractivity contribution in [2.24, 2.45) is 0 Å². The first-order chi connectivity index (χ1) is 12.9. The number of para-hydroxylation sites is 1. The predicted octanol–water partition coefficient (Wildman–Crippen LogP) is 4.78. The second-order valence-corrected chi connectivity index (χ2v) is 5.95. The number of hydrogen-bond donors (Lipinski definition) is 2. The summed E-state index contributed by atoms with van der Waals surface area (Å²) in [4.78, 5) is 24.4. The molecule has 3 rings (SSSR count). The van der Waals surface area contributed by atoms with Gasteiger partial charge in [0.15, 0.2) is 0 Å². The molecule has 3 aromatic rings. The van der Waals surface area contributed by atoms with E-state index in [9.17, 15) is 18.4 Å². The molecule has 0 saturated carbocycles. The molecule has 2 N–H and O–H groups in total. The monoisotopic (exact) mass is 366 g/mol. The molecule has 4 nitrogen and oxygen atoms in total. The maximum absolute atomic E-state index is 13.6. The minimum atomic E-state index is -0.863. The Morgan fingerprint density at radius 1 is 0.704 bits per heavy atom. The van der Waals surface area contributed by atoms with Gasteiger partial charge in [-0.2, -0.15) is 0 Å². The number of aryl methyl sites for hydroxylation is 1. The Morgan fingerprint density at radius 3 is 1.70 bits per heavy atom. The second-order valence-electron chi connectivity index (χ2n) is 5.95. The summed E-state index contributed by atoms with van der Waals surface area (Å²) in [5, 5.41) is 4.95. The van der Waals surface area contributed by atoms with E-state index in [1.165, 1.54) is 30.3 Å². The molecule has 27 heavy (non-hydrogen) atoms. The topological polar surface area (TPSA) is 58.2 Å². The van der Waals surface area contributed by atoms with E-state index in [1.54, 1.807) is 12.1 Å². The third kappa shape index (κ3) is 4.36. The van der Waals surface area contributed by atoms with Gasteiger partial charge in [-0.05, 0) is 55.5 Å². The van der Waals surface area contributed by atoms with Crippen molar-refractivity contribution in [1.29, 1.82) is 0 Å². The lowest BCUT2D eigenvalue weighted by atomic mass is 10.1. The molecule has 6 heteroatoms. The number of carbonyl (C=O) groups excluding carboxylic acids is 2. The summed E-state index contributed by atoms with van der Waals surface area (Å²) >= 11 is 0. The Labute approximate surface area is 154 Å². The quantitative estimate of drug-likeness (QED) is 0.698. The predicted molar refractivity (Wildman–Crippen MR) is 99.9 cm³/mol. The average molecular weight is 366 g/mol. The summed E-state index contributed by atoms with van der Waals surface area (Å²) in [5.41, 5.74) is 1.74. The first kappa shape index (κ1) is 18.3. The van der Waals surface area contributed by atoms with E-state index in [1.807, 2.05) is 19.1 Å². The molecular formula is C21H16F2N2O2. The van der Waals surface area contributed by atoms with Crippen molar-refractivity contribution in [2.75, 3.05) is 10.6 Å². The number of halogens is 2. The molecule has 3 aromatic carbocycles. The molecule has 0 aliphatic carbocycles. The van der Waals surface area contributed by atoms with Crippen LogP contribution < -0.4 is 10.6 Å². The Balaban J connectivity index is 1.70. The fraction of sp³-hybridized carbons (Fsp3) is 0.0476. The van der Waals surface area contributed by atoms with Crippen LogP contribution in [0.25, 0.3) is 0 Å². The maximum Gasteiger partial charge on any atom is 0.255 e. The highest BCUT2D eigenvalue weighted by Crippen LogP contribution is 2.19. The van der Waals surface area contributed by atoms with E-state index in [4.69, 9.17) is 0 Å². The van der Waals surface area contributed by atoms with E-state index >= 15 is 0 Å². The van der Waals surface area contributed by atoms with Crippen LogP contribution >= 0.6 is 0 Å². The van der Waals surface area contributed by atoms with Gasteiger partial charge < -0.3 is 10.6 Å². The highest BCUT2D eigenvalue weighted by atomic mass is 19.1. The number of hydrogen-bond acceptors (Lipinski definition) is 2. The lowest BCUT2D eigenvalue weighted by molar-refractivity contribution is 0.101. The Hall–Kier alpha value is -3.54. The van der Waals surface area contributed by atoms with Crippen molar-refractivity contribution >= 4 is 23.2 Å². The smallest absolute Gasteiger partial charge is 0.255 e. The van der Waals surface area contributed by atoms with Gasteiger partial charge in [0, 0.05) is 16.8 Å². The zero-order valence-electron chi connectivity index (χ0n) is 14.4. The van der Waals surface area contributed by atoms with Crippen molar-refractivity contribution in [3.8, 4) is 0 Å². The van der Waals surface area contributed by atoms with Crippen LogP contribution in [0, 0.1) is 18.6 Å². The fourth-order valence-electron chi connectivity index (χ4n) is 2.42. The van der Waals surface area contributed by atoms with Crippen LogP contribution in [0.5, 0.6) is 0 Å². The standard InChI is InChI=1S/C21H16F2N2O2/c1-13-5-11-16(12-6-13)24-20(26)14-7-9-15(10-8-14)21(27)25-19-17(22)3-2-4-18(19)23/h2-12H,1H3,(H,24,26)(H,25,27). The van der Waals surface area contributed by atoms with Crippen LogP contribution in [0.4, 0.5) is 20.2 Å². The molecule has 0 fully saturated rings. The summed E-state index contributed by atoms with van der Waals surface area (Å²) in [5.74, 6) is -2.73. The van der Waals surface area contributed by atoms with Gasteiger partial charge in [0.2, 0.25) is 0 Å². The molecule has 0 bridgehead atoms. The van der Waals surface area contributed by atoms with Gasteiger partial charge in [0.1, 0.15) is 17.3 Å². The van der Waals surface area contributed by atoms with Crippen molar-refractivity contribution in [1.82, 2.24) is 0 Å². The maximum atomic E-state index is 13.6. The van der Waals surface area contributed by atoms with Crippen molar-refractivity contribution in [2.45, 2.75) is 6.92 Å². The number of nitrogens with one attached hydrogen (secondary N) is 2. The minimum Gasteiger partial charge on any atom is -0.322 e. The molecule has 0 atom stereocenters. The SMILES string of the molecule is Cc1ccc(NC(=O)c2ccc(C(=O)Nc3c(F)cccc3F)cc2)cc1. The summed E-state index contributed by atoms with van der Waals surface area (Å²) in [6, 6.07) is 16.4. The number of benzene rings is 3. The van der Waals surface area contributed by atoms with Crippen LogP contribution in [0.2, 0.25) is 0 Å². The highest BCUT2D eigenvalue weighted by Gasteiger charge is 2.14. The van der Waals surface area contributed by atoms with Gasteiger partial charge in [0.25, 0.3) is 11.8 Å². The number of anilines is 2. The number of amides is 2. The van der Waals surface area contributed by atoms with Crippen LogP contribution in [-0.2, 0) is 0 Å². The van der Waals surface area contributed by atoms with Gasteiger partial charge in [0.05, 0.1) is 0 Å². The highest BCUT2D eigenvalue weighted by molar-refractivity contribution is 6.07. The molecule has 0 heterocycles. The van der Waals surface area contributed by atoms with Crippen molar-refractivity contribution in [3.05, 3.63) is 95.1 Å². The molecule has 0 saturated heterocycles. The fourth-order valence-corrected chi connectivity index (χ4v) is 2.42. The Morgan fingerprint density at radius 2 is 1.19 bits per heavy atom. The molecule has 0 radical (unpaired) electrons. The number of carbonyl (C=O) groups is 2. The van der Waals surface area contributed by atoms with Crippen LogP contribution in [0.3, 0.4) is 0 Å². The molecule has 0 aliphatic heterocycles. The van der Waals surface area contributed by atoms with Crippen LogP contribution in [-0.4, -0.2) is 11.8 Å². The lowest BCUT2D eigenvalue weighted by Crippen LogP contribution is -2.15. The third-order valence-corrected chi connectivity index (χ3v) is 3.92. The summed E-state index contributed by atoms with van der Waals surface area (Å²) in [6.45, 7) is 1.95. The van der Waals surface area contributed by atoms with Crippen LogP contribution in [0.15, 0.2) is 66.7 Å². The molecule has 0 aliphatic rings. The lowest BCUT2D eigenvalue weighted by Gasteiger charge is -2.09. The van der Waals surface area contributed by atoms with Gasteiger partial charge in [-0.25, -0.2) is 8.78 Å². The number of rotatable bonds is 4. The van der Waals surface area contributed by atoms with Gasteiger partial charge in [-0.1, -0.05) is 23.8 Å². The largest absolute Gasteiger partial charge is 0.322 e. The van der Waals surface area contributed by atoms with Gasteiger partial charge >= 0.3 is 0 Å². The zero-order chi connectivity index (χ0) is 19.4. The molecular weight excluding hydrogens is 350 g/mol. The summed E-state index contributed by atoms with van der Waals surface area (Å²) < 4.78 is 27.2. The molecule has 0 aromatic heterocycles. The van der Waals surface area contributed by atoms with E-state index < -0.39 is 23.2 Å². The van der Waals surface area contributed by atoms with E-state index in [2.05, 4.69) is 10.6 Å². The molecule has 2 amide bonds. The molecule has 0 spiro atoms. The normalized spacial score (nSPS) is 10.3. The first-order valence-electron chi connectivity index (χ1n) is 8.17. The first-order valence-corrected chi connectivity index (χ1v) is 8.17. The van der Waals surface area contributed by atoms with Crippen molar-refractivity contribution < 1.29 is 18.4 Å². The van der Waals surface area contributed by atoms with Crippen molar-refractivity contribution in [3.63, 3.8) is 0 Å². The Bertz CT molecular complexity index is 964.